The predicted molar refractivity (Wildman–Crippen MR) is 103 cm³/mol. The monoisotopic (exact) mass is 420 g/mol. The van der Waals surface area contributed by atoms with Crippen LogP contribution in [0.25, 0.3) is 0 Å². The Labute approximate surface area is 172 Å². The largest absolute Gasteiger partial charge is 0.462 e. The van der Waals surface area contributed by atoms with Crippen molar-refractivity contribution in [2.45, 2.75) is 18.7 Å². The van der Waals surface area contributed by atoms with Crippen molar-refractivity contribution >= 4 is 21.9 Å². The Kier molecular flexibility index (Phi) is 4.79. The highest BCUT2D eigenvalue weighted by atomic mass is 32.2. The molecule has 0 aromatic heterocycles. The van der Waals surface area contributed by atoms with Crippen molar-refractivity contribution in [1.82, 2.24) is 0 Å². The molecule has 0 bridgehead atoms. The van der Waals surface area contributed by atoms with E-state index in [4.69, 9.17) is 23.5 Å². The minimum absolute atomic E-state index is 0.0550. The minimum atomic E-state index is -5.07. The molecule has 1 aliphatic heterocycles. The van der Waals surface area contributed by atoms with E-state index in [9.17, 15) is 18.0 Å². The molecule has 2 N–H and O–H groups in total. The van der Waals surface area contributed by atoms with Crippen LogP contribution in [0.1, 0.15) is 38.6 Å². The normalized spacial score (nSPS) is 21.0. The van der Waals surface area contributed by atoms with Gasteiger partial charge in [-0.3, -0.25) is 4.79 Å². The Morgan fingerprint density at radius 1 is 1.21 bits per heavy atom. The molecule has 0 aliphatic carbocycles. The maximum Gasteiger partial charge on any atom is 0.338 e. The number of benzene rings is 2. The van der Waals surface area contributed by atoms with E-state index in [-0.39, 0.29) is 23.3 Å². The van der Waals surface area contributed by atoms with Gasteiger partial charge in [0, 0.05) is 5.56 Å². The lowest BCUT2D eigenvalue weighted by molar-refractivity contribution is -0.123. The number of carbonyl (C=O) groups is 2. The standard InChI is InChI=1S/C20H19NO7S/c1-2-26-20(23)15-10-8-14(9-11-15)17-16(22)18(19(21)27-17)28-29(24,25)12-13-6-4-3-5-7-13/h3-11,17H,2,12,21H2,1H3/t17-/m1/s1/i12D2,17D. The molecule has 9 heteroatoms. The van der Waals surface area contributed by atoms with Crippen LogP contribution in [0, 0.1) is 0 Å². The summed E-state index contributed by atoms with van der Waals surface area (Å²) in [4.78, 5) is 24.6. The highest BCUT2D eigenvalue weighted by molar-refractivity contribution is 7.86. The molecule has 0 radical (unpaired) electrons. The van der Waals surface area contributed by atoms with E-state index in [0.717, 1.165) is 0 Å². The smallest absolute Gasteiger partial charge is 0.338 e. The summed E-state index contributed by atoms with van der Waals surface area (Å²) in [5.41, 5.74) is 2.49. The number of Topliss-reactive ketones (excluding diaryl/α,β-unsaturated/α-hetero) is 1. The van der Waals surface area contributed by atoms with Gasteiger partial charge in [0.15, 0.2) is 6.08 Å². The summed E-state index contributed by atoms with van der Waals surface area (Å²) in [7, 11) is -5.07. The van der Waals surface area contributed by atoms with Gasteiger partial charge in [0.2, 0.25) is 17.4 Å². The molecule has 8 nitrogen and oxygen atoms in total. The molecule has 29 heavy (non-hydrogen) atoms. The molecule has 1 heterocycles. The zero-order valence-corrected chi connectivity index (χ0v) is 16.1. The van der Waals surface area contributed by atoms with E-state index in [1.54, 1.807) is 13.0 Å². The number of ether oxygens (including phenoxy) is 2. The van der Waals surface area contributed by atoms with Gasteiger partial charge < -0.3 is 19.4 Å². The fourth-order valence-electron chi connectivity index (χ4n) is 2.44. The second kappa shape index (κ2) is 8.36. The lowest BCUT2D eigenvalue weighted by Crippen LogP contribution is -2.16. The molecule has 0 spiro atoms. The topological polar surface area (TPSA) is 122 Å². The van der Waals surface area contributed by atoms with Crippen molar-refractivity contribution in [3.63, 3.8) is 0 Å². The zero-order valence-electron chi connectivity index (χ0n) is 18.2. The van der Waals surface area contributed by atoms with Crippen LogP contribution in [0.5, 0.6) is 0 Å². The molecule has 0 saturated carbocycles. The molecule has 1 atom stereocenters. The van der Waals surface area contributed by atoms with Gasteiger partial charge in [0.05, 0.1) is 16.3 Å². The molecule has 0 amide bonds. The van der Waals surface area contributed by atoms with Crippen molar-refractivity contribution in [3.05, 3.63) is 82.9 Å². The number of ketones is 1. The van der Waals surface area contributed by atoms with Crippen molar-refractivity contribution in [1.29, 1.82) is 0 Å². The van der Waals surface area contributed by atoms with Crippen LogP contribution in [-0.4, -0.2) is 26.8 Å². The van der Waals surface area contributed by atoms with Crippen LogP contribution >= 0.6 is 0 Å². The van der Waals surface area contributed by atoms with Gasteiger partial charge in [0.25, 0.3) is 0 Å². The Hall–Kier alpha value is -3.33. The Morgan fingerprint density at radius 3 is 2.48 bits per heavy atom. The molecule has 0 unspecified atom stereocenters. The van der Waals surface area contributed by atoms with Gasteiger partial charge in [-0.1, -0.05) is 42.5 Å². The van der Waals surface area contributed by atoms with Crippen molar-refractivity contribution in [2.75, 3.05) is 6.61 Å². The van der Waals surface area contributed by atoms with E-state index in [2.05, 4.69) is 0 Å². The Bertz CT molecular complexity index is 1180. The quantitative estimate of drug-likeness (QED) is 0.534. The van der Waals surface area contributed by atoms with Gasteiger partial charge in [-0.15, -0.1) is 0 Å². The van der Waals surface area contributed by atoms with Crippen LogP contribution in [0.15, 0.2) is 66.2 Å². The minimum Gasteiger partial charge on any atom is -0.462 e. The summed E-state index contributed by atoms with van der Waals surface area (Å²) >= 11 is 0. The fraction of sp³-hybridized carbons (Fsp3) is 0.200. The Morgan fingerprint density at radius 2 is 1.86 bits per heavy atom. The fourth-order valence-corrected chi connectivity index (χ4v) is 3.28. The van der Waals surface area contributed by atoms with Crippen LogP contribution in [-0.2, 0) is 34.3 Å². The van der Waals surface area contributed by atoms with Crippen molar-refractivity contribution in [2.24, 2.45) is 5.73 Å². The maximum atomic E-state index is 12.8. The molecule has 3 rings (SSSR count). The molecule has 152 valence electrons. The van der Waals surface area contributed by atoms with Crippen LogP contribution in [0.2, 0.25) is 0 Å². The van der Waals surface area contributed by atoms with Gasteiger partial charge in [0.1, 0.15) is 5.70 Å². The van der Waals surface area contributed by atoms with E-state index in [1.165, 1.54) is 48.5 Å². The maximum absolute atomic E-state index is 12.8. The third-order valence-corrected chi connectivity index (χ3v) is 4.59. The second-order valence-electron chi connectivity index (χ2n) is 5.76. The van der Waals surface area contributed by atoms with E-state index >= 15 is 0 Å². The SMILES string of the molecule is [2H]C([2H])(c1ccccc1)S(=O)(=O)OC1=C(N)O[C@]([2H])(c2ccc(C(=O)OCC)cc2)C1=O. The summed E-state index contributed by atoms with van der Waals surface area (Å²) in [5, 5.41) is 0. The second-order valence-corrected chi connectivity index (χ2v) is 7.04. The average molecular weight is 420 g/mol. The van der Waals surface area contributed by atoms with Crippen LogP contribution in [0.4, 0.5) is 0 Å². The van der Waals surface area contributed by atoms with E-state index in [0.29, 0.717) is 0 Å². The van der Waals surface area contributed by atoms with Crippen molar-refractivity contribution < 1.29 is 35.8 Å². The molecule has 2 aromatic rings. The van der Waals surface area contributed by atoms with Gasteiger partial charge in [-0.25, -0.2) is 4.79 Å². The first-order valence-electron chi connectivity index (χ1n) is 9.95. The Balaban J connectivity index is 1.87. The van der Waals surface area contributed by atoms with Gasteiger partial charge in [-0.2, -0.15) is 8.42 Å². The number of carbonyl (C=O) groups excluding carboxylic acids is 2. The third-order valence-electron chi connectivity index (χ3n) is 3.72. The lowest BCUT2D eigenvalue weighted by atomic mass is 10.0. The average Bonchev–Trinajstić information content (AvgIpc) is 2.98. The number of nitrogens with two attached hydrogens (primary N) is 1. The summed E-state index contributed by atoms with van der Waals surface area (Å²) in [6.07, 6.45) is -2.48. The summed E-state index contributed by atoms with van der Waals surface area (Å²) < 4.78 is 64.3. The van der Waals surface area contributed by atoms with Gasteiger partial charge in [-0.05, 0) is 24.6 Å². The highest BCUT2D eigenvalue weighted by Gasteiger charge is 2.39. The molecular weight excluding hydrogens is 398 g/mol. The first-order chi connectivity index (χ1) is 14.9. The molecule has 0 saturated heterocycles. The van der Waals surface area contributed by atoms with Crippen LogP contribution in [0.3, 0.4) is 0 Å². The lowest BCUT2D eigenvalue weighted by Gasteiger charge is -2.10. The number of rotatable bonds is 7. The van der Waals surface area contributed by atoms with E-state index < -0.39 is 45.3 Å². The highest BCUT2D eigenvalue weighted by Crippen LogP contribution is 2.32. The van der Waals surface area contributed by atoms with Crippen molar-refractivity contribution in [3.8, 4) is 0 Å². The summed E-state index contributed by atoms with van der Waals surface area (Å²) in [6.45, 7) is 1.80. The number of esters is 1. The first kappa shape index (κ1) is 16.6. The summed E-state index contributed by atoms with van der Waals surface area (Å²) in [5.74, 6) is -3.64. The molecule has 0 fully saturated rings. The molecular formula is C20H19NO7S. The predicted octanol–water partition coefficient (Wildman–Crippen LogP) is 2.18. The van der Waals surface area contributed by atoms with Crippen LogP contribution < -0.4 is 5.73 Å². The molecule has 1 aliphatic rings. The third kappa shape index (κ3) is 4.75. The summed E-state index contributed by atoms with van der Waals surface area (Å²) in [6, 6.07) is 12.1. The number of hydrogen-bond donors (Lipinski definition) is 1. The molecule has 2 aromatic carbocycles. The first-order valence-corrected chi connectivity index (χ1v) is 9.85. The number of hydrogen-bond acceptors (Lipinski definition) is 8. The zero-order chi connectivity index (χ0) is 23.7. The van der Waals surface area contributed by atoms with E-state index in [1.807, 2.05) is 0 Å². The van der Waals surface area contributed by atoms with Gasteiger partial charge >= 0.3 is 16.1 Å².